The van der Waals surface area contributed by atoms with Gasteiger partial charge in [-0.1, -0.05) is 18.2 Å². The third kappa shape index (κ3) is 3.71. The molecule has 25 heavy (non-hydrogen) atoms. The SMILES string of the molecule is O=C(O)c1coc(C(=O)NCCCC(=O)N2CCc3ccccc32)c1. The lowest BCUT2D eigenvalue weighted by Gasteiger charge is -2.17. The van der Waals surface area contributed by atoms with E-state index < -0.39 is 11.9 Å². The zero-order valence-corrected chi connectivity index (χ0v) is 13.5. The average Bonchev–Trinajstić information content (AvgIpc) is 3.25. The largest absolute Gasteiger partial charge is 0.478 e. The molecule has 1 aliphatic rings. The summed E-state index contributed by atoms with van der Waals surface area (Å²) in [7, 11) is 0. The van der Waals surface area contributed by atoms with E-state index in [-0.39, 0.29) is 17.2 Å². The molecule has 0 saturated carbocycles. The molecule has 3 rings (SSSR count). The Morgan fingerprint density at radius 1 is 1.24 bits per heavy atom. The normalized spacial score (nSPS) is 12.7. The molecule has 0 saturated heterocycles. The number of carboxylic acids is 1. The van der Waals surface area contributed by atoms with Crippen LogP contribution in [-0.2, 0) is 11.2 Å². The number of hydrogen-bond acceptors (Lipinski definition) is 4. The van der Waals surface area contributed by atoms with Crippen LogP contribution >= 0.6 is 0 Å². The van der Waals surface area contributed by atoms with Crippen LogP contribution in [0, 0.1) is 0 Å². The summed E-state index contributed by atoms with van der Waals surface area (Å²) >= 11 is 0. The highest BCUT2D eigenvalue weighted by molar-refractivity contribution is 5.96. The minimum atomic E-state index is -1.15. The molecular weight excluding hydrogens is 324 g/mol. The number of para-hydroxylation sites is 1. The molecular formula is C18H18N2O5. The molecule has 1 aliphatic heterocycles. The van der Waals surface area contributed by atoms with E-state index in [4.69, 9.17) is 9.52 Å². The monoisotopic (exact) mass is 342 g/mol. The van der Waals surface area contributed by atoms with Crippen LogP contribution in [0.15, 0.2) is 41.0 Å². The first-order chi connectivity index (χ1) is 12.1. The van der Waals surface area contributed by atoms with Crippen LogP contribution in [0.5, 0.6) is 0 Å². The van der Waals surface area contributed by atoms with Crippen LogP contribution in [0.25, 0.3) is 0 Å². The van der Waals surface area contributed by atoms with E-state index in [2.05, 4.69) is 5.32 Å². The molecule has 0 bridgehead atoms. The first kappa shape index (κ1) is 16.8. The molecule has 1 aromatic heterocycles. The van der Waals surface area contributed by atoms with Crippen molar-refractivity contribution in [2.24, 2.45) is 0 Å². The predicted molar refractivity (Wildman–Crippen MR) is 89.7 cm³/mol. The topological polar surface area (TPSA) is 99.8 Å². The summed E-state index contributed by atoms with van der Waals surface area (Å²) in [5, 5.41) is 11.4. The Morgan fingerprint density at radius 2 is 2.04 bits per heavy atom. The van der Waals surface area contributed by atoms with Crippen molar-refractivity contribution in [2.45, 2.75) is 19.3 Å². The Kier molecular flexibility index (Phi) is 4.83. The smallest absolute Gasteiger partial charge is 0.338 e. The summed E-state index contributed by atoms with van der Waals surface area (Å²) in [6.07, 6.45) is 2.71. The molecule has 2 N–H and O–H groups in total. The van der Waals surface area contributed by atoms with Gasteiger partial charge in [0.1, 0.15) is 6.26 Å². The standard InChI is InChI=1S/C18H18N2O5/c21-16(20-9-7-12-4-1-2-5-14(12)20)6-3-8-19-17(22)15-10-13(11-25-15)18(23)24/h1-2,4-5,10-11H,3,6-9H2,(H,19,22)(H,23,24). The van der Waals surface area contributed by atoms with E-state index in [0.29, 0.717) is 25.9 Å². The lowest BCUT2D eigenvalue weighted by molar-refractivity contribution is -0.118. The highest BCUT2D eigenvalue weighted by Gasteiger charge is 2.23. The van der Waals surface area contributed by atoms with Crippen LogP contribution in [0.2, 0.25) is 0 Å². The van der Waals surface area contributed by atoms with Crippen molar-refractivity contribution in [3.8, 4) is 0 Å². The molecule has 2 amide bonds. The summed E-state index contributed by atoms with van der Waals surface area (Å²) in [6.45, 7) is 0.998. The summed E-state index contributed by atoms with van der Waals surface area (Å²) in [5.74, 6) is -1.67. The number of carboxylic acid groups (broad SMARTS) is 1. The van der Waals surface area contributed by atoms with Gasteiger partial charge in [-0.25, -0.2) is 4.79 Å². The molecule has 0 radical (unpaired) electrons. The second-order valence-electron chi connectivity index (χ2n) is 5.79. The van der Waals surface area contributed by atoms with E-state index in [9.17, 15) is 14.4 Å². The van der Waals surface area contributed by atoms with Gasteiger partial charge in [0.15, 0.2) is 5.76 Å². The van der Waals surface area contributed by atoms with Gasteiger partial charge in [0.05, 0.1) is 5.56 Å². The Hall–Kier alpha value is -3.09. The quantitative estimate of drug-likeness (QED) is 0.783. The maximum Gasteiger partial charge on any atom is 0.338 e. The molecule has 0 atom stereocenters. The highest BCUT2D eigenvalue weighted by Crippen LogP contribution is 2.27. The Bertz CT molecular complexity index is 811. The average molecular weight is 342 g/mol. The third-order valence-corrected chi connectivity index (χ3v) is 4.11. The predicted octanol–water partition coefficient (Wildman–Crippen LogP) is 2.08. The molecule has 1 aromatic carbocycles. The number of anilines is 1. The van der Waals surface area contributed by atoms with Gasteiger partial charge in [-0.05, 0) is 24.5 Å². The van der Waals surface area contributed by atoms with E-state index >= 15 is 0 Å². The van der Waals surface area contributed by atoms with E-state index in [1.165, 1.54) is 11.6 Å². The van der Waals surface area contributed by atoms with Crippen LogP contribution in [0.1, 0.15) is 39.3 Å². The van der Waals surface area contributed by atoms with Gasteiger partial charge in [0.2, 0.25) is 5.91 Å². The van der Waals surface area contributed by atoms with E-state index in [1.807, 2.05) is 24.3 Å². The molecule has 0 fully saturated rings. The number of fused-ring (bicyclic) bond motifs is 1. The zero-order chi connectivity index (χ0) is 17.8. The van der Waals surface area contributed by atoms with Gasteiger partial charge in [-0.3, -0.25) is 9.59 Å². The number of hydrogen-bond donors (Lipinski definition) is 2. The Balaban J connectivity index is 1.45. The maximum absolute atomic E-state index is 12.3. The number of nitrogens with one attached hydrogen (secondary N) is 1. The van der Waals surface area contributed by atoms with Crippen LogP contribution in [0.3, 0.4) is 0 Å². The van der Waals surface area contributed by atoms with Gasteiger partial charge in [0, 0.05) is 31.3 Å². The molecule has 7 nitrogen and oxygen atoms in total. The van der Waals surface area contributed by atoms with Crippen molar-refractivity contribution >= 4 is 23.5 Å². The summed E-state index contributed by atoms with van der Waals surface area (Å²) in [5.41, 5.74) is 2.07. The molecule has 2 aromatic rings. The first-order valence-corrected chi connectivity index (χ1v) is 8.04. The molecule has 7 heteroatoms. The van der Waals surface area contributed by atoms with Crippen LogP contribution < -0.4 is 10.2 Å². The van der Waals surface area contributed by atoms with Crippen molar-refractivity contribution in [3.05, 3.63) is 53.5 Å². The number of benzene rings is 1. The first-order valence-electron chi connectivity index (χ1n) is 8.04. The number of aromatic carboxylic acids is 1. The van der Waals surface area contributed by atoms with Crippen LogP contribution in [-0.4, -0.2) is 36.0 Å². The summed E-state index contributed by atoms with van der Waals surface area (Å²) in [4.78, 5) is 36.7. The minimum Gasteiger partial charge on any atom is -0.478 e. The fourth-order valence-corrected chi connectivity index (χ4v) is 2.83. The Morgan fingerprint density at radius 3 is 2.80 bits per heavy atom. The van der Waals surface area contributed by atoms with Crippen molar-refractivity contribution in [1.29, 1.82) is 0 Å². The number of furan rings is 1. The number of amides is 2. The van der Waals surface area contributed by atoms with Gasteiger partial charge in [-0.2, -0.15) is 0 Å². The minimum absolute atomic E-state index is 0.0327. The van der Waals surface area contributed by atoms with Crippen molar-refractivity contribution < 1.29 is 23.9 Å². The van der Waals surface area contributed by atoms with Gasteiger partial charge >= 0.3 is 5.97 Å². The zero-order valence-electron chi connectivity index (χ0n) is 13.5. The second-order valence-corrected chi connectivity index (χ2v) is 5.79. The Labute approximate surface area is 144 Å². The second kappa shape index (κ2) is 7.21. The van der Waals surface area contributed by atoms with Crippen molar-refractivity contribution in [2.75, 3.05) is 18.0 Å². The number of rotatable bonds is 6. The number of carbonyl (C=O) groups excluding carboxylic acids is 2. The van der Waals surface area contributed by atoms with Gasteiger partial charge in [-0.15, -0.1) is 0 Å². The molecule has 0 unspecified atom stereocenters. The molecule has 130 valence electrons. The highest BCUT2D eigenvalue weighted by atomic mass is 16.4. The molecule has 2 heterocycles. The fourth-order valence-electron chi connectivity index (χ4n) is 2.83. The lowest BCUT2D eigenvalue weighted by Crippen LogP contribution is -2.30. The van der Waals surface area contributed by atoms with Gasteiger partial charge < -0.3 is 19.7 Å². The summed E-state index contributed by atoms with van der Waals surface area (Å²) < 4.78 is 4.92. The summed E-state index contributed by atoms with van der Waals surface area (Å²) in [6, 6.07) is 9.02. The van der Waals surface area contributed by atoms with E-state index in [1.54, 1.807) is 4.90 Å². The number of nitrogens with zero attached hydrogens (tertiary/aromatic N) is 1. The van der Waals surface area contributed by atoms with Crippen molar-refractivity contribution in [3.63, 3.8) is 0 Å². The lowest BCUT2D eigenvalue weighted by atomic mass is 10.2. The van der Waals surface area contributed by atoms with Crippen molar-refractivity contribution in [1.82, 2.24) is 5.32 Å². The maximum atomic E-state index is 12.3. The molecule has 0 aliphatic carbocycles. The molecule has 0 spiro atoms. The fraction of sp³-hybridized carbons (Fsp3) is 0.278. The van der Waals surface area contributed by atoms with E-state index in [0.717, 1.165) is 18.4 Å². The number of carbonyl (C=O) groups is 3. The third-order valence-electron chi connectivity index (χ3n) is 4.11. The van der Waals surface area contributed by atoms with Crippen LogP contribution in [0.4, 0.5) is 5.69 Å². The van der Waals surface area contributed by atoms with Gasteiger partial charge in [0.25, 0.3) is 5.91 Å².